The van der Waals surface area contributed by atoms with Crippen LogP contribution in [0.1, 0.15) is 42.5 Å². The highest BCUT2D eigenvalue weighted by Gasteiger charge is 2.31. The number of carboxylic acid groups (broad SMARTS) is 1. The van der Waals surface area contributed by atoms with E-state index in [1.165, 1.54) is 18.2 Å². The summed E-state index contributed by atoms with van der Waals surface area (Å²) in [7, 11) is 0. The van der Waals surface area contributed by atoms with Crippen LogP contribution in [0, 0.1) is 11.7 Å². The Bertz CT molecular complexity index is 550. The van der Waals surface area contributed by atoms with E-state index in [0.29, 0.717) is 12.8 Å². The molecular weight excluding hydrogens is 297 g/mol. The molecule has 4 nitrogen and oxygen atoms in total. The lowest BCUT2D eigenvalue weighted by atomic mass is 9.94. The maximum Gasteiger partial charge on any atom is 0.308 e. The van der Waals surface area contributed by atoms with Gasteiger partial charge in [0.2, 0.25) is 0 Å². The third-order valence-corrected chi connectivity index (χ3v) is 4.23. The van der Waals surface area contributed by atoms with E-state index in [1.54, 1.807) is 0 Å². The highest BCUT2D eigenvalue weighted by Crippen LogP contribution is 2.25. The van der Waals surface area contributed by atoms with Crippen molar-refractivity contribution in [2.24, 2.45) is 5.92 Å². The summed E-state index contributed by atoms with van der Waals surface area (Å²) in [5.41, 5.74) is 0.0325. The van der Waals surface area contributed by atoms with Crippen molar-refractivity contribution < 1.29 is 19.1 Å². The lowest BCUT2D eigenvalue weighted by Crippen LogP contribution is -2.43. The fraction of sp³-hybridized carbons (Fsp3) is 0.467. The number of amides is 1. The molecule has 0 saturated heterocycles. The van der Waals surface area contributed by atoms with Crippen molar-refractivity contribution in [2.75, 3.05) is 0 Å². The molecule has 0 radical (unpaired) electrons. The summed E-state index contributed by atoms with van der Waals surface area (Å²) >= 11 is 5.78. The summed E-state index contributed by atoms with van der Waals surface area (Å²) in [6.45, 7) is 0. The number of hydrogen-bond acceptors (Lipinski definition) is 2. The van der Waals surface area contributed by atoms with Gasteiger partial charge >= 0.3 is 5.97 Å². The molecule has 114 valence electrons. The van der Waals surface area contributed by atoms with Gasteiger partial charge < -0.3 is 10.4 Å². The molecule has 2 N–H and O–H groups in total. The SMILES string of the molecule is O=C(NC1CCCCCC1C(=O)O)c1cccc(F)c1Cl. The van der Waals surface area contributed by atoms with E-state index < -0.39 is 29.7 Å². The quantitative estimate of drug-likeness (QED) is 0.842. The predicted molar refractivity (Wildman–Crippen MR) is 76.9 cm³/mol. The average molecular weight is 314 g/mol. The Hall–Kier alpha value is -1.62. The van der Waals surface area contributed by atoms with Crippen LogP contribution in [0.2, 0.25) is 5.02 Å². The number of carboxylic acids is 1. The number of halogens is 2. The van der Waals surface area contributed by atoms with Crippen LogP contribution in [0.15, 0.2) is 18.2 Å². The molecule has 0 aliphatic heterocycles. The van der Waals surface area contributed by atoms with Gasteiger partial charge in [-0.15, -0.1) is 0 Å². The Morgan fingerprint density at radius 3 is 2.67 bits per heavy atom. The van der Waals surface area contributed by atoms with Crippen molar-refractivity contribution in [3.05, 3.63) is 34.6 Å². The van der Waals surface area contributed by atoms with Crippen LogP contribution in [-0.2, 0) is 4.79 Å². The molecule has 1 aliphatic carbocycles. The molecule has 0 heterocycles. The van der Waals surface area contributed by atoms with E-state index in [-0.39, 0.29) is 10.6 Å². The van der Waals surface area contributed by atoms with Gasteiger partial charge in [-0.2, -0.15) is 0 Å². The van der Waals surface area contributed by atoms with Crippen LogP contribution >= 0.6 is 11.6 Å². The van der Waals surface area contributed by atoms with Gasteiger partial charge in [-0.05, 0) is 25.0 Å². The third-order valence-electron chi connectivity index (χ3n) is 3.85. The summed E-state index contributed by atoms with van der Waals surface area (Å²) in [4.78, 5) is 23.5. The molecule has 1 aliphatic rings. The molecule has 0 spiro atoms. The largest absolute Gasteiger partial charge is 0.481 e. The van der Waals surface area contributed by atoms with Crippen molar-refractivity contribution in [1.82, 2.24) is 5.32 Å². The topological polar surface area (TPSA) is 66.4 Å². The smallest absolute Gasteiger partial charge is 0.308 e. The third kappa shape index (κ3) is 3.73. The molecule has 1 aromatic rings. The van der Waals surface area contributed by atoms with Gasteiger partial charge in [0.25, 0.3) is 5.91 Å². The summed E-state index contributed by atoms with van der Waals surface area (Å²) in [5.74, 6) is -2.71. The number of benzene rings is 1. The molecule has 0 aromatic heterocycles. The minimum atomic E-state index is -0.910. The first-order chi connectivity index (χ1) is 10.0. The van der Waals surface area contributed by atoms with E-state index >= 15 is 0 Å². The second kappa shape index (κ2) is 6.89. The van der Waals surface area contributed by atoms with Crippen LogP contribution in [0.3, 0.4) is 0 Å². The molecule has 2 rings (SSSR count). The average Bonchev–Trinajstić information content (AvgIpc) is 2.67. The summed E-state index contributed by atoms with van der Waals surface area (Å²) in [6, 6.07) is 3.55. The normalized spacial score (nSPS) is 22.4. The van der Waals surface area contributed by atoms with Gasteiger partial charge in [-0.25, -0.2) is 4.39 Å². The molecule has 2 atom stereocenters. The fourth-order valence-electron chi connectivity index (χ4n) is 2.70. The first-order valence-corrected chi connectivity index (χ1v) is 7.36. The van der Waals surface area contributed by atoms with Gasteiger partial charge in [-0.3, -0.25) is 9.59 Å². The van der Waals surface area contributed by atoms with E-state index in [9.17, 15) is 19.1 Å². The molecule has 1 saturated carbocycles. The zero-order chi connectivity index (χ0) is 15.4. The molecule has 1 amide bonds. The van der Waals surface area contributed by atoms with Crippen molar-refractivity contribution in [1.29, 1.82) is 0 Å². The molecule has 6 heteroatoms. The number of hydrogen-bond donors (Lipinski definition) is 2. The Balaban J connectivity index is 2.16. The molecule has 0 bridgehead atoms. The van der Waals surface area contributed by atoms with E-state index in [0.717, 1.165) is 19.3 Å². The summed E-state index contributed by atoms with van der Waals surface area (Å²) in [5, 5.41) is 11.7. The number of aliphatic carboxylic acids is 1. The number of carbonyl (C=O) groups is 2. The van der Waals surface area contributed by atoms with Crippen molar-refractivity contribution in [2.45, 2.75) is 38.1 Å². The lowest BCUT2D eigenvalue weighted by Gasteiger charge is -2.23. The fourth-order valence-corrected chi connectivity index (χ4v) is 2.91. The molecule has 1 aromatic carbocycles. The molecule has 1 fully saturated rings. The van der Waals surface area contributed by atoms with Gasteiger partial charge in [0.15, 0.2) is 0 Å². The van der Waals surface area contributed by atoms with Crippen LogP contribution in [-0.4, -0.2) is 23.0 Å². The Morgan fingerprint density at radius 2 is 1.95 bits per heavy atom. The van der Waals surface area contributed by atoms with Crippen molar-refractivity contribution in [3.8, 4) is 0 Å². The molecule has 21 heavy (non-hydrogen) atoms. The first-order valence-electron chi connectivity index (χ1n) is 6.98. The molecular formula is C15H17ClFNO3. The van der Waals surface area contributed by atoms with Crippen LogP contribution in [0.4, 0.5) is 4.39 Å². The van der Waals surface area contributed by atoms with Crippen LogP contribution in [0.25, 0.3) is 0 Å². The van der Waals surface area contributed by atoms with E-state index in [1.807, 2.05) is 0 Å². The summed E-state index contributed by atoms with van der Waals surface area (Å²) < 4.78 is 13.4. The van der Waals surface area contributed by atoms with Gasteiger partial charge in [0.1, 0.15) is 5.82 Å². The van der Waals surface area contributed by atoms with Crippen molar-refractivity contribution >= 4 is 23.5 Å². The van der Waals surface area contributed by atoms with E-state index in [2.05, 4.69) is 5.32 Å². The highest BCUT2D eigenvalue weighted by atomic mass is 35.5. The lowest BCUT2D eigenvalue weighted by molar-refractivity contribution is -0.142. The van der Waals surface area contributed by atoms with Crippen LogP contribution in [0.5, 0.6) is 0 Å². The number of rotatable bonds is 3. The Morgan fingerprint density at radius 1 is 1.24 bits per heavy atom. The minimum absolute atomic E-state index is 0.0325. The first kappa shape index (κ1) is 15.8. The van der Waals surface area contributed by atoms with Crippen molar-refractivity contribution in [3.63, 3.8) is 0 Å². The monoisotopic (exact) mass is 313 g/mol. The number of carbonyl (C=O) groups excluding carboxylic acids is 1. The minimum Gasteiger partial charge on any atom is -0.481 e. The Kier molecular flexibility index (Phi) is 5.17. The Labute approximate surface area is 127 Å². The van der Waals surface area contributed by atoms with Gasteiger partial charge in [0, 0.05) is 6.04 Å². The van der Waals surface area contributed by atoms with Gasteiger partial charge in [0.05, 0.1) is 16.5 Å². The predicted octanol–water partition coefficient (Wildman–Crippen LogP) is 3.24. The van der Waals surface area contributed by atoms with Crippen LogP contribution < -0.4 is 5.32 Å². The standard InChI is InChI=1S/C15H17ClFNO3/c16-13-10(6-4-7-11(13)17)14(19)18-12-8-3-1-2-5-9(12)15(20)21/h4,6-7,9,12H,1-3,5,8H2,(H,18,19)(H,20,21). The second-order valence-corrected chi connectivity index (χ2v) is 5.64. The zero-order valence-electron chi connectivity index (χ0n) is 11.4. The zero-order valence-corrected chi connectivity index (χ0v) is 12.2. The second-order valence-electron chi connectivity index (χ2n) is 5.26. The van der Waals surface area contributed by atoms with E-state index in [4.69, 9.17) is 11.6 Å². The van der Waals surface area contributed by atoms with Gasteiger partial charge in [-0.1, -0.05) is 36.9 Å². The maximum atomic E-state index is 13.4. The highest BCUT2D eigenvalue weighted by molar-refractivity contribution is 6.34. The number of nitrogens with one attached hydrogen (secondary N) is 1. The molecule has 2 unspecified atom stereocenters. The maximum absolute atomic E-state index is 13.4. The summed E-state index contributed by atoms with van der Waals surface area (Å²) in [6.07, 6.45) is 3.80.